The van der Waals surface area contributed by atoms with E-state index < -0.39 is 5.82 Å². The van der Waals surface area contributed by atoms with Gasteiger partial charge in [-0.3, -0.25) is 4.79 Å². The van der Waals surface area contributed by atoms with E-state index in [0.29, 0.717) is 0 Å². The van der Waals surface area contributed by atoms with Gasteiger partial charge in [0.15, 0.2) is 5.78 Å². The van der Waals surface area contributed by atoms with Crippen molar-refractivity contribution in [2.75, 3.05) is 7.11 Å². The van der Waals surface area contributed by atoms with E-state index in [2.05, 4.69) is 18.8 Å². The van der Waals surface area contributed by atoms with Crippen molar-refractivity contribution >= 4 is 24.6 Å². The van der Waals surface area contributed by atoms with Crippen molar-refractivity contribution in [3.63, 3.8) is 0 Å². The quantitative estimate of drug-likeness (QED) is 0.554. The molecular weight excluding hydrogens is 202 g/mol. The number of hydrogen-bond donors (Lipinski definition) is 0. The predicted octanol–water partition coefficient (Wildman–Crippen LogP) is 2.30. The van der Waals surface area contributed by atoms with Crippen molar-refractivity contribution in [2.45, 2.75) is 6.92 Å². The number of carbonyl (C=O) groups is 1. The summed E-state index contributed by atoms with van der Waals surface area (Å²) in [6.07, 6.45) is 0. The molecule has 0 bridgehead atoms. The van der Waals surface area contributed by atoms with Crippen LogP contribution in [0.15, 0.2) is 18.2 Å². The zero-order valence-corrected chi connectivity index (χ0v) is 8.73. The molecule has 0 saturated carbocycles. The first-order valence-electron chi connectivity index (χ1n) is 3.74. The summed E-state index contributed by atoms with van der Waals surface area (Å²) in [4.78, 5) is 10.9. The first kappa shape index (κ1) is 12.9. The van der Waals surface area contributed by atoms with E-state index >= 15 is 0 Å². The summed E-state index contributed by atoms with van der Waals surface area (Å²) in [5.74, 6) is -0.589. The van der Waals surface area contributed by atoms with E-state index in [0.717, 1.165) is 0 Å². The van der Waals surface area contributed by atoms with Crippen LogP contribution in [-0.4, -0.2) is 19.6 Å². The SMILES string of the molecule is COc1cccc(F)c1C(C)=O.[B]=S. The summed E-state index contributed by atoms with van der Waals surface area (Å²) >= 11 is 3.58. The number of rotatable bonds is 2. The molecule has 0 atom stereocenters. The third-order valence-corrected chi connectivity index (χ3v) is 1.55. The standard InChI is InChI=1S/C9H9FO2.BS/c1-6(11)9-7(10)4-3-5-8(9)12-2;1-2/h3-5H,1-2H3;. The van der Waals surface area contributed by atoms with Crippen LogP contribution in [0.4, 0.5) is 4.39 Å². The summed E-state index contributed by atoms with van der Waals surface area (Å²) < 4.78 is 17.8. The van der Waals surface area contributed by atoms with Crippen molar-refractivity contribution in [1.29, 1.82) is 0 Å². The summed E-state index contributed by atoms with van der Waals surface area (Å²) in [5, 5.41) is 0. The zero-order valence-electron chi connectivity index (χ0n) is 7.91. The fourth-order valence-corrected chi connectivity index (χ4v) is 1.02. The van der Waals surface area contributed by atoms with Gasteiger partial charge in [0.25, 0.3) is 0 Å². The summed E-state index contributed by atoms with van der Waals surface area (Å²) in [5.41, 5.74) is 0.0139. The minimum atomic E-state index is -0.540. The van der Waals surface area contributed by atoms with Crippen molar-refractivity contribution in [3.05, 3.63) is 29.6 Å². The molecule has 0 aliphatic carbocycles. The van der Waals surface area contributed by atoms with Gasteiger partial charge in [-0.1, -0.05) is 6.07 Å². The van der Waals surface area contributed by atoms with Gasteiger partial charge in [0.2, 0.25) is 0 Å². The molecule has 0 aliphatic heterocycles. The van der Waals surface area contributed by atoms with Gasteiger partial charge in [0.1, 0.15) is 11.6 Å². The topological polar surface area (TPSA) is 26.3 Å². The van der Waals surface area contributed by atoms with E-state index in [1.807, 2.05) is 0 Å². The normalized spacial score (nSPS) is 8.43. The first-order chi connectivity index (χ1) is 6.66. The molecule has 1 radical (unpaired) electrons. The molecular formula is C9H9BFO2S. The molecule has 0 fully saturated rings. The molecule has 0 aromatic heterocycles. The zero-order chi connectivity index (χ0) is 11.1. The van der Waals surface area contributed by atoms with Crippen LogP contribution >= 0.6 is 12.1 Å². The number of ketones is 1. The Balaban J connectivity index is 0.000000791. The average Bonchev–Trinajstić information content (AvgIpc) is 2.19. The fourth-order valence-electron chi connectivity index (χ4n) is 1.02. The Hall–Kier alpha value is -1.10. The number of halogens is 1. The van der Waals surface area contributed by atoms with Crippen LogP contribution in [0.2, 0.25) is 0 Å². The van der Waals surface area contributed by atoms with E-state index in [1.165, 1.54) is 26.2 Å². The Morgan fingerprint density at radius 3 is 2.43 bits per heavy atom. The van der Waals surface area contributed by atoms with Crippen molar-refractivity contribution in [3.8, 4) is 5.75 Å². The molecule has 14 heavy (non-hydrogen) atoms. The van der Waals surface area contributed by atoms with Crippen LogP contribution in [-0.2, 0) is 0 Å². The Morgan fingerprint density at radius 1 is 1.50 bits per heavy atom. The predicted molar refractivity (Wildman–Crippen MR) is 56.3 cm³/mol. The fraction of sp³-hybridized carbons (Fsp3) is 0.222. The number of methoxy groups -OCH3 is 1. The van der Waals surface area contributed by atoms with Crippen LogP contribution in [0.1, 0.15) is 17.3 Å². The van der Waals surface area contributed by atoms with E-state index in [-0.39, 0.29) is 17.1 Å². The molecule has 1 rings (SSSR count). The Bertz CT molecular complexity index is 331. The average molecular weight is 211 g/mol. The molecule has 0 heterocycles. The molecule has 5 heteroatoms. The Kier molecular flexibility index (Phi) is 5.87. The number of ether oxygens (including phenoxy) is 1. The van der Waals surface area contributed by atoms with Gasteiger partial charge in [-0.15, -0.1) is 0 Å². The van der Waals surface area contributed by atoms with Gasteiger partial charge in [0.05, 0.1) is 12.7 Å². The molecule has 1 aromatic carbocycles. The van der Waals surface area contributed by atoms with E-state index in [4.69, 9.17) is 4.74 Å². The third kappa shape index (κ3) is 2.99. The molecule has 0 amide bonds. The summed E-state index contributed by atoms with van der Waals surface area (Å²) in [6, 6.07) is 4.29. The van der Waals surface area contributed by atoms with Crippen LogP contribution in [0, 0.1) is 5.82 Å². The number of hydrogen-bond acceptors (Lipinski definition) is 3. The van der Waals surface area contributed by atoms with Gasteiger partial charge in [-0.05, 0) is 19.1 Å². The van der Waals surface area contributed by atoms with Gasteiger partial charge < -0.3 is 4.74 Å². The van der Waals surface area contributed by atoms with Gasteiger partial charge >= 0.3 is 18.8 Å². The van der Waals surface area contributed by atoms with Gasteiger partial charge in [-0.25, -0.2) is 4.39 Å². The van der Waals surface area contributed by atoms with E-state index in [9.17, 15) is 9.18 Å². The van der Waals surface area contributed by atoms with Crippen LogP contribution in [0.5, 0.6) is 5.75 Å². The van der Waals surface area contributed by atoms with Crippen LogP contribution in [0.3, 0.4) is 0 Å². The first-order valence-corrected chi connectivity index (χ1v) is 4.21. The molecule has 0 saturated heterocycles. The second-order valence-electron chi connectivity index (χ2n) is 2.37. The molecule has 0 unspecified atom stereocenters. The van der Waals surface area contributed by atoms with Crippen molar-refractivity contribution < 1.29 is 13.9 Å². The number of carbonyl (C=O) groups excluding carboxylic acids is 1. The molecule has 2 nitrogen and oxygen atoms in total. The Labute approximate surface area is 88.4 Å². The second-order valence-corrected chi connectivity index (χ2v) is 2.37. The number of Topliss-reactive ketones (excluding diaryl/α,β-unsaturated/α-hetero) is 1. The van der Waals surface area contributed by atoms with Crippen LogP contribution < -0.4 is 4.74 Å². The summed E-state index contributed by atoms with van der Waals surface area (Å²) in [6.45, 7) is 5.39. The molecule has 0 aliphatic rings. The molecule has 73 valence electrons. The van der Waals surface area contributed by atoms with Crippen LogP contribution in [0.25, 0.3) is 0 Å². The maximum absolute atomic E-state index is 13.0. The molecule has 0 N–H and O–H groups in total. The Morgan fingerprint density at radius 2 is 2.07 bits per heavy atom. The monoisotopic (exact) mass is 211 g/mol. The number of benzene rings is 1. The molecule has 0 spiro atoms. The minimum absolute atomic E-state index is 0.0139. The van der Waals surface area contributed by atoms with Crippen molar-refractivity contribution in [1.82, 2.24) is 0 Å². The molecule has 1 aromatic rings. The van der Waals surface area contributed by atoms with Crippen molar-refractivity contribution in [2.24, 2.45) is 0 Å². The third-order valence-electron chi connectivity index (χ3n) is 1.55. The maximum atomic E-state index is 13.0. The van der Waals surface area contributed by atoms with E-state index in [1.54, 1.807) is 6.07 Å². The van der Waals surface area contributed by atoms with Gasteiger partial charge in [-0.2, -0.15) is 0 Å². The second kappa shape index (κ2) is 6.37. The summed E-state index contributed by atoms with van der Waals surface area (Å²) in [7, 11) is 1.40. The van der Waals surface area contributed by atoms with Gasteiger partial charge in [0, 0.05) is 0 Å².